The van der Waals surface area contributed by atoms with Crippen LogP contribution in [0.5, 0.6) is 0 Å². The second kappa shape index (κ2) is 31.2. The summed E-state index contributed by atoms with van der Waals surface area (Å²) in [5, 5.41) is 67.1. The fourth-order valence-electron chi connectivity index (χ4n) is 28.1. The first kappa shape index (κ1) is 95.6. The van der Waals surface area contributed by atoms with Crippen molar-refractivity contribution in [1.29, 1.82) is 0 Å². The summed E-state index contributed by atoms with van der Waals surface area (Å²) in [6.07, 6.45) is 0. The standard InChI is InChI=1S/2C50H50.C48H46/c1-47(2,3)29-20-28-21-30(48(4,5)6)24-37-35-26-39-38(25-34(35)36(23-29)41(28)37)45(49(7,8)9)43-33-19-15-18-32-31-17-14-13-16-27(31)22-40(42(32)33)44(43)46(39)50(10,11)12;1-47(2,3)29-20-28-21-30(48(4,5)6)24-40-41(28)39(23-29)43-44(40)46(50(10,11)12)38-26-35-34(25-37(38)45(43)49(7,8)9)33-19-15-18-32-31-17-14-13-16-27(31)22-36(35)42(32)33;1-25(2)41-38-23-34-35(37-22-30(48(8,9)10)19-28-18-29(47(5,6)7)21-36(34)43(28)37)24-39(38)42(26(3)4)46-40-20-27-14-11-12-15-31(27)32-16-13-17-33(44(32)40)45(41)46/h2*13-26H,1-12H3;11-26H,1-10H3. The highest BCUT2D eigenvalue weighted by Gasteiger charge is 2.39. The molecule has 27 aromatic rings. The Kier molecular flexibility index (Phi) is 20.2. The molecule has 0 amide bonds. The van der Waals surface area contributed by atoms with E-state index in [4.69, 9.17) is 0 Å². The predicted molar refractivity (Wildman–Crippen MR) is 662 cm³/mol. The monoisotopic (exact) mass is 1920 g/mol. The summed E-state index contributed by atoms with van der Waals surface area (Å²) >= 11 is 0. The average Bonchev–Trinajstić information content (AvgIpc) is 1.53. The SMILES string of the molecule is CC(C)(C)c1cc2cc(C(C)(C)C)cc3c4c(C(C)(C)C)c5cc6c(cc5c(C(C)(C)C)c4c(c1)c23)c1cccc2c3ccccc3cc6c21.CC(C)(C)c1cc2cc(C(C)(C)C)cc3c4cc5c(C(C)(C)C)c6c7cc8ccccc8c8cccc(c6c(C(C)(C)C)c5cc4c(c1)c23)c87.CC(C)c1c2cc3c(cc2c(C(C)C)c2c4cc5ccccc5c5cccc(c12)c54)c1cc(C(C)(C)C)cc2cc(C(C)(C)C)cc3c21. The van der Waals surface area contributed by atoms with E-state index in [9.17, 15) is 0 Å². The summed E-state index contributed by atoms with van der Waals surface area (Å²) < 4.78 is 0. The normalized spacial score (nSPS) is 13.9. The Morgan fingerprint density at radius 2 is 0.311 bits per heavy atom. The molecule has 0 N–H and O–H groups in total. The van der Waals surface area contributed by atoms with Crippen molar-refractivity contribution in [1.82, 2.24) is 0 Å². The number of hydrogen-bond donors (Lipinski definition) is 0. The summed E-state index contributed by atoms with van der Waals surface area (Å²) in [6, 6.07) is 101. The maximum Gasteiger partial charge on any atom is -0.00197 e. The van der Waals surface area contributed by atoms with Crippen molar-refractivity contribution < 1.29 is 0 Å². The van der Waals surface area contributed by atoms with Gasteiger partial charge in [0, 0.05) is 0 Å². The van der Waals surface area contributed by atoms with Crippen molar-refractivity contribution >= 4 is 259 Å². The molecule has 0 aliphatic carbocycles. The molecule has 27 aromatic carbocycles. The third kappa shape index (κ3) is 14.0. The molecule has 0 saturated heterocycles. The minimum absolute atomic E-state index is 0.0327. The molecule has 0 nitrogen and oxygen atoms in total. The maximum atomic E-state index is 2.61. The van der Waals surface area contributed by atoms with Gasteiger partial charge in [0.25, 0.3) is 0 Å². The Morgan fingerprint density at radius 3 is 0.588 bits per heavy atom. The molecule has 0 atom stereocenters. The van der Waals surface area contributed by atoms with Gasteiger partial charge < -0.3 is 0 Å². The van der Waals surface area contributed by atoms with Gasteiger partial charge in [0.05, 0.1) is 0 Å². The van der Waals surface area contributed by atoms with Crippen LogP contribution in [-0.2, 0) is 54.1 Å². The van der Waals surface area contributed by atoms with Gasteiger partial charge in [0.2, 0.25) is 0 Å². The maximum absolute atomic E-state index is 2.61. The summed E-state index contributed by atoms with van der Waals surface area (Å²) in [6.45, 7) is 81.2. The van der Waals surface area contributed by atoms with E-state index in [1.165, 1.54) is 325 Å². The lowest BCUT2D eigenvalue weighted by Gasteiger charge is -2.30. The van der Waals surface area contributed by atoms with Gasteiger partial charge >= 0.3 is 0 Å². The Labute approximate surface area is 875 Å². The van der Waals surface area contributed by atoms with Crippen molar-refractivity contribution in [2.24, 2.45) is 0 Å². The van der Waals surface area contributed by atoms with Crippen molar-refractivity contribution in [3.8, 4) is 0 Å². The zero-order valence-corrected chi connectivity index (χ0v) is 94.4. The summed E-state index contributed by atoms with van der Waals surface area (Å²) in [5.74, 6) is 0.741. The van der Waals surface area contributed by atoms with Gasteiger partial charge in [-0.2, -0.15) is 0 Å². The number of fused-ring (bicyclic) bond motifs is 27. The highest BCUT2D eigenvalue weighted by Crippen LogP contribution is 2.61. The van der Waals surface area contributed by atoms with Crippen LogP contribution < -0.4 is 0 Å². The molecule has 0 spiro atoms. The molecular weight excluding hydrogens is 1780 g/mol. The molecule has 0 unspecified atom stereocenters. The zero-order chi connectivity index (χ0) is 104. The number of benzene rings is 21. The van der Waals surface area contributed by atoms with Crippen LogP contribution in [0.15, 0.2) is 255 Å². The summed E-state index contributed by atoms with van der Waals surface area (Å²) in [5.41, 5.74) is 17.3. The van der Waals surface area contributed by atoms with Crippen molar-refractivity contribution in [2.75, 3.05) is 0 Å². The first-order chi connectivity index (χ1) is 69.4. The zero-order valence-electron chi connectivity index (χ0n) is 94.4. The fourth-order valence-corrected chi connectivity index (χ4v) is 28.1. The molecule has 0 heterocycles. The van der Waals surface area contributed by atoms with Gasteiger partial charge in [-0.1, -0.05) is 399 Å². The van der Waals surface area contributed by atoms with Crippen LogP contribution in [0.1, 0.15) is 314 Å². The van der Waals surface area contributed by atoms with E-state index >= 15 is 0 Å². The highest BCUT2D eigenvalue weighted by molar-refractivity contribution is 6.44. The summed E-state index contributed by atoms with van der Waals surface area (Å²) in [4.78, 5) is 0. The molecule has 27 rings (SSSR count). The molecule has 148 heavy (non-hydrogen) atoms. The quantitative estimate of drug-likeness (QED) is 0.151. The largest absolute Gasteiger partial charge is 0.0616 e. The Bertz CT molecular complexity index is 10400. The van der Waals surface area contributed by atoms with E-state index in [0.717, 1.165) is 0 Å². The Morgan fingerprint density at radius 1 is 0.122 bits per heavy atom. The molecule has 0 aliphatic rings. The average molecular weight is 1920 g/mol. The molecule has 0 bridgehead atoms. The molecule has 0 aromatic heterocycles. The molecule has 0 fully saturated rings. The van der Waals surface area contributed by atoms with Crippen molar-refractivity contribution in [2.45, 2.75) is 301 Å². The molecule has 0 heteroatoms. The van der Waals surface area contributed by atoms with Gasteiger partial charge in [-0.15, -0.1) is 0 Å². The Balaban J connectivity index is 0.000000115. The third-order valence-corrected chi connectivity index (χ3v) is 34.9. The van der Waals surface area contributed by atoms with Gasteiger partial charge in [-0.05, 0) is 482 Å². The first-order valence-corrected chi connectivity index (χ1v) is 55.2. The lowest BCUT2D eigenvalue weighted by molar-refractivity contribution is 0.589. The minimum atomic E-state index is -0.0872. The van der Waals surface area contributed by atoms with Crippen LogP contribution in [-0.4, -0.2) is 0 Å². The van der Waals surface area contributed by atoms with Crippen molar-refractivity contribution in [3.63, 3.8) is 0 Å². The van der Waals surface area contributed by atoms with E-state index < -0.39 is 0 Å². The first-order valence-electron chi connectivity index (χ1n) is 55.2. The lowest BCUT2D eigenvalue weighted by atomic mass is 9.74. The Hall–Kier alpha value is -13.3. The topological polar surface area (TPSA) is 0 Å². The van der Waals surface area contributed by atoms with Gasteiger partial charge in [-0.3, -0.25) is 0 Å². The van der Waals surface area contributed by atoms with E-state index in [2.05, 4.69) is 490 Å². The molecule has 0 radical (unpaired) electrons. The second-order valence-corrected chi connectivity index (χ2v) is 56.3. The summed E-state index contributed by atoms with van der Waals surface area (Å²) in [7, 11) is 0. The molecule has 0 saturated carbocycles. The lowest BCUT2D eigenvalue weighted by Crippen LogP contribution is -2.17. The van der Waals surface area contributed by atoms with E-state index in [1.54, 1.807) is 0 Å². The fraction of sp³-hybridized carbons (Fsp3) is 0.311. The second-order valence-electron chi connectivity index (χ2n) is 56.3. The van der Waals surface area contributed by atoms with Crippen LogP contribution in [0, 0.1) is 0 Å². The molecule has 738 valence electrons. The smallest absolute Gasteiger partial charge is 0.00197 e. The minimum Gasteiger partial charge on any atom is -0.0616 e. The highest BCUT2D eigenvalue weighted by atomic mass is 14.4. The van der Waals surface area contributed by atoms with Crippen LogP contribution >= 0.6 is 0 Å². The van der Waals surface area contributed by atoms with E-state index in [0.29, 0.717) is 11.8 Å². The van der Waals surface area contributed by atoms with Crippen LogP contribution in [0.3, 0.4) is 0 Å². The van der Waals surface area contributed by atoms with Crippen LogP contribution in [0.25, 0.3) is 259 Å². The van der Waals surface area contributed by atoms with Crippen LogP contribution in [0.2, 0.25) is 0 Å². The van der Waals surface area contributed by atoms with E-state index in [-0.39, 0.29) is 54.1 Å². The number of rotatable bonds is 2. The molecule has 0 aliphatic heterocycles. The van der Waals surface area contributed by atoms with E-state index in [1.807, 2.05) is 0 Å². The predicted octanol–water partition coefficient (Wildman–Crippen LogP) is 44.6. The van der Waals surface area contributed by atoms with Crippen molar-refractivity contribution in [3.05, 3.63) is 322 Å². The van der Waals surface area contributed by atoms with Gasteiger partial charge in [0.15, 0.2) is 0 Å². The van der Waals surface area contributed by atoms with Gasteiger partial charge in [-0.25, -0.2) is 0 Å². The third-order valence-electron chi connectivity index (χ3n) is 34.9. The van der Waals surface area contributed by atoms with Crippen LogP contribution in [0.4, 0.5) is 0 Å². The van der Waals surface area contributed by atoms with Gasteiger partial charge in [0.1, 0.15) is 0 Å². The number of hydrogen-bond acceptors (Lipinski definition) is 0. The molecular formula is C148H146.